The zero-order valence-electron chi connectivity index (χ0n) is 11.3. The van der Waals surface area contributed by atoms with Gasteiger partial charge in [0.15, 0.2) is 0 Å². The Kier molecular flexibility index (Phi) is 4.42. The molecule has 0 radical (unpaired) electrons. The molecule has 2 aromatic rings. The van der Waals surface area contributed by atoms with Crippen molar-refractivity contribution in [2.24, 2.45) is 0 Å². The van der Waals surface area contributed by atoms with Gasteiger partial charge in [-0.1, -0.05) is 12.1 Å². The van der Waals surface area contributed by atoms with Crippen LogP contribution in [0, 0.1) is 0 Å². The lowest BCUT2D eigenvalue weighted by atomic mass is 10.0. The molecule has 0 aliphatic heterocycles. The van der Waals surface area contributed by atoms with E-state index in [9.17, 15) is 18.0 Å². The maximum atomic E-state index is 12.7. The first kappa shape index (κ1) is 15.2. The van der Waals surface area contributed by atoms with E-state index in [2.05, 4.69) is 10.4 Å². The Morgan fingerprint density at radius 2 is 2.05 bits per heavy atom. The highest BCUT2D eigenvalue weighted by Gasteiger charge is 2.30. The van der Waals surface area contributed by atoms with Crippen LogP contribution in [0.5, 0.6) is 0 Å². The van der Waals surface area contributed by atoms with Gasteiger partial charge in [-0.05, 0) is 30.8 Å². The molecule has 0 aliphatic carbocycles. The molecule has 7 heteroatoms. The van der Waals surface area contributed by atoms with Gasteiger partial charge in [-0.25, -0.2) is 4.68 Å². The number of nitrogens with zero attached hydrogens (tertiary/aromatic N) is 2. The van der Waals surface area contributed by atoms with Crippen molar-refractivity contribution in [1.29, 1.82) is 0 Å². The fourth-order valence-corrected chi connectivity index (χ4v) is 1.99. The van der Waals surface area contributed by atoms with Gasteiger partial charge in [0, 0.05) is 12.3 Å². The Hall–Kier alpha value is -2.15. The number of hydrogen-bond acceptors (Lipinski definition) is 3. The number of rotatable bonds is 4. The van der Waals surface area contributed by atoms with Crippen LogP contribution in [-0.2, 0) is 12.7 Å². The van der Waals surface area contributed by atoms with Gasteiger partial charge in [0.25, 0.3) is 5.56 Å². The Morgan fingerprint density at radius 1 is 1.29 bits per heavy atom. The molecule has 1 unspecified atom stereocenters. The van der Waals surface area contributed by atoms with Gasteiger partial charge in [0.2, 0.25) is 0 Å². The lowest BCUT2D eigenvalue weighted by molar-refractivity contribution is -0.137. The molecule has 1 heterocycles. The first-order valence-corrected chi connectivity index (χ1v) is 6.28. The Balaban J connectivity index is 2.30. The summed E-state index contributed by atoms with van der Waals surface area (Å²) in [5.41, 5.74) is -0.566. The first-order valence-electron chi connectivity index (χ1n) is 6.28. The van der Waals surface area contributed by atoms with Crippen molar-refractivity contribution in [3.63, 3.8) is 0 Å². The van der Waals surface area contributed by atoms with Crippen LogP contribution in [0.4, 0.5) is 13.2 Å². The maximum absolute atomic E-state index is 12.7. The molecule has 1 aromatic heterocycles. The van der Waals surface area contributed by atoms with Gasteiger partial charge in [0.05, 0.1) is 18.2 Å². The molecule has 0 amide bonds. The first-order chi connectivity index (χ1) is 9.91. The van der Waals surface area contributed by atoms with Gasteiger partial charge in [-0.15, -0.1) is 0 Å². The average Bonchev–Trinajstić information content (AvgIpc) is 2.46. The number of nitrogens with one attached hydrogen (secondary N) is 1. The molecule has 1 aromatic carbocycles. The average molecular weight is 297 g/mol. The molecule has 0 fully saturated rings. The molecule has 0 aliphatic rings. The highest BCUT2D eigenvalue weighted by atomic mass is 19.4. The monoisotopic (exact) mass is 297 g/mol. The van der Waals surface area contributed by atoms with Crippen molar-refractivity contribution < 1.29 is 13.2 Å². The summed E-state index contributed by atoms with van der Waals surface area (Å²) >= 11 is 0. The lowest BCUT2D eigenvalue weighted by Gasteiger charge is -2.18. The van der Waals surface area contributed by atoms with Crippen LogP contribution in [0.3, 0.4) is 0 Å². The van der Waals surface area contributed by atoms with Gasteiger partial charge >= 0.3 is 6.18 Å². The Bertz CT molecular complexity index is 667. The smallest absolute Gasteiger partial charge is 0.311 e. The third-order valence-corrected chi connectivity index (χ3v) is 3.11. The van der Waals surface area contributed by atoms with Crippen LogP contribution in [0.15, 0.2) is 47.4 Å². The topological polar surface area (TPSA) is 46.9 Å². The molecular formula is C14H14F3N3O. The second-order valence-corrected chi connectivity index (χ2v) is 4.51. The van der Waals surface area contributed by atoms with Crippen LogP contribution in [0.25, 0.3) is 0 Å². The standard InChI is InChI=1S/C14H14F3N3O/c1-18-12(9-20-13(21)6-3-7-19-20)10-4-2-5-11(8-10)14(15,16)17/h2-8,12,18H,9H2,1H3. The van der Waals surface area contributed by atoms with E-state index >= 15 is 0 Å². The van der Waals surface area contributed by atoms with Gasteiger partial charge < -0.3 is 5.32 Å². The summed E-state index contributed by atoms with van der Waals surface area (Å²) in [4.78, 5) is 11.6. The van der Waals surface area contributed by atoms with Crippen molar-refractivity contribution in [1.82, 2.24) is 15.1 Å². The van der Waals surface area contributed by atoms with Gasteiger partial charge in [-0.2, -0.15) is 18.3 Å². The molecule has 0 saturated heterocycles. The number of likely N-dealkylation sites (N-methyl/N-ethyl adjacent to an activating group) is 1. The molecule has 112 valence electrons. The number of hydrogen-bond donors (Lipinski definition) is 1. The zero-order valence-corrected chi connectivity index (χ0v) is 11.3. The summed E-state index contributed by atoms with van der Waals surface area (Å²) in [6.07, 6.45) is -2.93. The van der Waals surface area contributed by atoms with E-state index in [-0.39, 0.29) is 12.1 Å². The largest absolute Gasteiger partial charge is 0.416 e. The number of halogens is 3. The highest BCUT2D eigenvalue weighted by molar-refractivity contribution is 5.28. The highest BCUT2D eigenvalue weighted by Crippen LogP contribution is 2.30. The Morgan fingerprint density at radius 3 is 2.67 bits per heavy atom. The molecule has 2 rings (SSSR count). The molecule has 0 spiro atoms. The maximum Gasteiger partial charge on any atom is 0.416 e. The molecule has 4 nitrogen and oxygen atoms in total. The Labute approximate surface area is 119 Å². The van der Waals surface area contributed by atoms with Gasteiger partial charge in [0.1, 0.15) is 0 Å². The van der Waals surface area contributed by atoms with E-state index in [0.29, 0.717) is 5.56 Å². The minimum Gasteiger partial charge on any atom is -0.311 e. The second-order valence-electron chi connectivity index (χ2n) is 4.51. The fourth-order valence-electron chi connectivity index (χ4n) is 1.99. The lowest BCUT2D eigenvalue weighted by Crippen LogP contribution is -2.29. The number of alkyl halides is 3. The molecule has 21 heavy (non-hydrogen) atoms. The van der Waals surface area contributed by atoms with E-state index in [1.807, 2.05) is 0 Å². The third-order valence-electron chi connectivity index (χ3n) is 3.11. The van der Waals surface area contributed by atoms with Crippen molar-refractivity contribution in [2.75, 3.05) is 7.05 Å². The number of aromatic nitrogens is 2. The molecular weight excluding hydrogens is 283 g/mol. The minimum absolute atomic E-state index is 0.150. The van der Waals surface area contributed by atoms with E-state index in [1.165, 1.54) is 29.1 Å². The summed E-state index contributed by atoms with van der Waals surface area (Å²) < 4.78 is 39.4. The normalized spacial score (nSPS) is 13.1. The van der Waals surface area contributed by atoms with Crippen LogP contribution < -0.4 is 10.9 Å². The van der Waals surface area contributed by atoms with Gasteiger partial charge in [-0.3, -0.25) is 4.79 Å². The number of benzene rings is 1. The summed E-state index contributed by atoms with van der Waals surface area (Å²) in [6, 6.07) is 7.45. The quantitative estimate of drug-likeness (QED) is 0.941. The molecule has 1 N–H and O–H groups in total. The fraction of sp³-hybridized carbons (Fsp3) is 0.286. The van der Waals surface area contributed by atoms with Crippen LogP contribution in [0.2, 0.25) is 0 Å². The zero-order chi connectivity index (χ0) is 15.5. The predicted octanol–water partition coefficient (Wildman–Crippen LogP) is 2.22. The second kappa shape index (κ2) is 6.09. The summed E-state index contributed by atoms with van der Waals surface area (Å²) in [6.45, 7) is 0.150. The SMILES string of the molecule is CNC(Cn1ncccc1=O)c1cccc(C(F)(F)F)c1. The van der Waals surface area contributed by atoms with Crippen LogP contribution in [0.1, 0.15) is 17.2 Å². The van der Waals surface area contributed by atoms with E-state index < -0.39 is 17.8 Å². The molecule has 0 saturated carbocycles. The molecule has 1 atom stereocenters. The molecule has 0 bridgehead atoms. The van der Waals surface area contributed by atoms with Crippen molar-refractivity contribution >= 4 is 0 Å². The van der Waals surface area contributed by atoms with E-state index in [1.54, 1.807) is 13.1 Å². The summed E-state index contributed by atoms with van der Waals surface area (Å²) in [7, 11) is 1.62. The van der Waals surface area contributed by atoms with Crippen molar-refractivity contribution in [3.8, 4) is 0 Å². The van der Waals surface area contributed by atoms with Crippen molar-refractivity contribution in [3.05, 3.63) is 64.1 Å². The minimum atomic E-state index is -4.39. The van der Waals surface area contributed by atoms with Crippen molar-refractivity contribution in [2.45, 2.75) is 18.8 Å². The van der Waals surface area contributed by atoms with Crippen LogP contribution in [-0.4, -0.2) is 16.8 Å². The summed E-state index contributed by atoms with van der Waals surface area (Å²) in [5, 5.41) is 6.81. The predicted molar refractivity (Wildman–Crippen MR) is 71.7 cm³/mol. The third kappa shape index (κ3) is 3.69. The summed E-state index contributed by atoms with van der Waals surface area (Å²) in [5.74, 6) is 0. The van der Waals surface area contributed by atoms with E-state index in [0.717, 1.165) is 12.1 Å². The van der Waals surface area contributed by atoms with Crippen LogP contribution >= 0.6 is 0 Å². The van der Waals surface area contributed by atoms with E-state index in [4.69, 9.17) is 0 Å².